The van der Waals surface area contributed by atoms with Crippen LogP contribution in [0.5, 0.6) is 5.75 Å². The molecule has 2 aromatic rings. The second-order valence-electron chi connectivity index (χ2n) is 5.46. The first-order valence-corrected chi connectivity index (χ1v) is 7.60. The Morgan fingerprint density at radius 1 is 1.13 bits per heavy atom. The number of amides is 1. The normalized spacial score (nSPS) is 10.4. The monoisotopic (exact) mass is 314 g/mol. The van der Waals surface area contributed by atoms with Crippen LogP contribution in [0.1, 0.15) is 29.9 Å². The number of carbonyl (C=O) groups is 1. The predicted molar refractivity (Wildman–Crippen MR) is 89.8 cm³/mol. The molecule has 1 aromatic carbocycles. The molecule has 23 heavy (non-hydrogen) atoms. The number of hydrogen-bond donors (Lipinski definition) is 2. The molecule has 0 aliphatic carbocycles. The van der Waals surface area contributed by atoms with Crippen LogP contribution in [0.25, 0.3) is 0 Å². The molecule has 0 radical (unpaired) electrons. The van der Waals surface area contributed by atoms with E-state index in [-0.39, 0.29) is 11.9 Å². The molecule has 1 heterocycles. The summed E-state index contributed by atoms with van der Waals surface area (Å²) < 4.78 is 5.13. The molecular weight excluding hydrogens is 292 g/mol. The van der Waals surface area contributed by atoms with E-state index in [4.69, 9.17) is 4.74 Å². The van der Waals surface area contributed by atoms with Crippen LogP contribution in [0.4, 0.5) is 5.82 Å². The zero-order chi connectivity index (χ0) is 16.7. The minimum atomic E-state index is -0.211. The molecular formula is C17H22N4O2. The number of hydrogen-bond acceptors (Lipinski definition) is 5. The Hall–Kier alpha value is -2.63. The number of nitrogens with zero attached hydrogens (tertiary/aromatic N) is 2. The first-order chi connectivity index (χ1) is 11.1. The summed E-state index contributed by atoms with van der Waals surface area (Å²) in [5, 5.41) is 13.9. The van der Waals surface area contributed by atoms with Crippen LogP contribution in [0.15, 0.2) is 36.4 Å². The molecule has 0 saturated carbocycles. The van der Waals surface area contributed by atoms with E-state index < -0.39 is 0 Å². The van der Waals surface area contributed by atoms with Crippen LogP contribution < -0.4 is 15.4 Å². The fourth-order valence-corrected chi connectivity index (χ4v) is 2.01. The Balaban J connectivity index is 1.82. The highest BCUT2D eigenvalue weighted by Crippen LogP contribution is 2.12. The van der Waals surface area contributed by atoms with E-state index in [1.165, 1.54) is 5.56 Å². The van der Waals surface area contributed by atoms with Gasteiger partial charge in [0, 0.05) is 12.6 Å². The smallest absolute Gasteiger partial charge is 0.271 e. The predicted octanol–water partition coefficient (Wildman–Crippen LogP) is 2.28. The number of anilines is 1. The minimum Gasteiger partial charge on any atom is -0.497 e. The molecule has 0 bridgehead atoms. The Bertz CT molecular complexity index is 624. The van der Waals surface area contributed by atoms with Crippen molar-refractivity contribution < 1.29 is 9.53 Å². The first kappa shape index (κ1) is 16.7. The average molecular weight is 314 g/mol. The quantitative estimate of drug-likeness (QED) is 0.820. The third-order valence-electron chi connectivity index (χ3n) is 3.20. The van der Waals surface area contributed by atoms with Gasteiger partial charge in [-0.05, 0) is 50.1 Å². The van der Waals surface area contributed by atoms with Crippen molar-refractivity contribution in [1.82, 2.24) is 15.5 Å². The topological polar surface area (TPSA) is 76.1 Å². The summed E-state index contributed by atoms with van der Waals surface area (Å²) in [5.41, 5.74) is 1.53. The van der Waals surface area contributed by atoms with Gasteiger partial charge in [-0.25, -0.2) is 0 Å². The summed E-state index contributed by atoms with van der Waals surface area (Å²) in [7, 11) is 1.65. The molecule has 0 aliphatic rings. The van der Waals surface area contributed by atoms with Crippen LogP contribution in [0.3, 0.4) is 0 Å². The zero-order valence-electron chi connectivity index (χ0n) is 13.7. The number of aromatic nitrogens is 2. The van der Waals surface area contributed by atoms with E-state index in [1.54, 1.807) is 19.2 Å². The third kappa shape index (κ3) is 5.25. The van der Waals surface area contributed by atoms with Gasteiger partial charge in [0.15, 0.2) is 5.69 Å². The SMILES string of the molecule is COc1ccc(CCNc2ccc(C(=O)NC(C)C)nn2)cc1. The van der Waals surface area contributed by atoms with Crippen molar-refractivity contribution in [2.75, 3.05) is 19.0 Å². The lowest BCUT2D eigenvalue weighted by molar-refractivity contribution is 0.0937. The van der Waals surface area contributed by atoms with E-state index >= 15 is 0 Å². The molecule has 0 saturated heterocycles. The van der Waals surface area contributed by atoms with Crippen LogP contribution in [-0.2, 0) is 6.42 Å². The fourth-order valence-electron chi connectivity index (χ4n) is 2.01. The molecule has 6 nitrogen and oxygen atoms in total. The van der Waals surface area contributed by atoms with E-state index in [2.05, 4.69) is 20.8 Å². The number of nitrogens with one attached hydrogen (secondary N) is 2. The molecule has 0 unspecified atom stereocenters. The molecule has 1 aromatic heterocycles. The summed E-state index contributed by atoms with van der Waals surface area (Å²) in [6, 6.07) is 11.5. The van der Waals surface area contributed by atoms with Gasteiger partial charge < -0.3 is 15.4 Å². The highest BCUT2D eigenvalue weighted by atomic mass is 16.5. The second-order valence-corrected chi connectivity index (χ2v) is 5.46. The fraction of sp³-hybridized carbons (Fsp3) is 0.353. The van der Waals surface area contributed by atoms with E-state index in [0.29, 0.717) is 11.5 Å². The number of benzene rings is 1. The number of ether oxygens (including phenoxy) is 1. The van der Waals surface area contributed by atoms with Gasteiger partial charge in [-0.15, -0.1) is 10.2 Å². The Morgan fingerprint density at radius 3 is 2.43 bits per heavy atom. The first-order valence-electron chi connectivity index (χ1n) is 7.60. The standard InChI is InChI=1S/C17H22N4O2/c1-12(2)19-17(22)15-8-9-16(21-20-15)18-11-10-13-4-6-14(23-3)7-5-13/h4-9,12H,10-11H2,1-3H3,(H,18,21)(H,19,22). The highest BCUT2D eigenvalue weighted by Gasteiger charge is 2.08. The minimum absolute atomic E-state index is 0.0756. The number of carbonyl (C=O) groups excluding carboxylic acids is 1. The maximum Gasteiger partial charge on any atom is 0.271 e. The number of methoxy groups -OCH3 is 1. The number of rotatable bonds is 7. The van der Waals surface area contributed by atoms with Crippen molar-refractivity contribution in [2.45, 2.75) is 26.3 Å². The van der Waals surface area contributed by atoms with Crippen molar-refractivity contribution in [2.24, 2.45) is 0 Å². The summed E-state index contributed by atoms with van der Waals surface area (Å²) >= 11 is 0. The van der Waals surface area contributed by atoms with E-state index in [9.17, 15) is 4.79 Å². The van der Waals surface area contributed by atoms with Gasteiger partial charge in [0.2, 0.25) is 0 Å². The summed E-state index contributed by atoms with van der Waals surface area (Å²) in [4.78, 5) is 11.8. The van der Waals surface area contributed by atoms with Gasteiger partial charge in [0.05, 0.1) is 7.11 Å². The molecule has 0 fully saturated rings. The molecule has 1 amide bonds. The van der Waals surface area contributed by atoms with Gasteiger partial charge >= 0.3 is 0 Å². The van der Waals surface area contributed by atoms with E-state index in [0.717, 1.165) is 18.7 Å². The van der Waals surface area contributed by atoms with Crippen LogP contribution in [0.2, 0.25) is 0 Å². The van der Waals surface area contributed by atoms with Crippen molar-refractivity contribution in [1.29, 1.82) is 0 Å². The van der Waals surface area contributed by atoms with Gasteiger partial charge in [-0.2, -0.15) is 0 Å². The Kier molecular flexibility index (Phi) is 5.91. The lowest BCUT2D eigenvalue weighted by atomic mass is 10.1. The molecule has 2 rings (SSSR count). The highest BCUT2D eigenvalue weighted by molar-refractivity contribution is 5.92. The van der Waals surface area contributed by atoms with Crippen LogP contribution >= 0.6 is 0 Å². The average Bonchev–Trinajstić information content (AvgIpc) is 2.55. The summed E-state index contributed by atoms with van der Waals surface area (Å²) in [6.45, 7) is 4.54. The maximum absolute atomic E-state index is 11.8. The van der Waals surface area contributed by atoms with Crippen molar-refractivity contribution in [3.63, 3.8) is 0 Å². The van der Waals surface area contributed by atoms with Crippen LogP contribution in [0, 0.1) is 0 Å². The zero-order valence-corrected chi connectivity index (χ0v) is 13.7. The van der Waals surface area contributed by atoms with Gasteiger partial charge in [-0.3, -0.25) is 4.79 Å². The van der Waals surface area contributed by atoms with Gasteiger partial charge in [0.1, 0.15) is 11.6 Å². The largest absolute Gasteiger partial charge is 0.497 e. The maximum atomic E-state index is 11.8. The molecule has 0 aliphatic heterocycles. The lowest BCUT2D eigenvalue weighted by Gasteiger charge is -2.08. The second kappa shape index (κ2) is 8.12. The van der Waals surface area contributed by atoms with E-state index in [1.807, 2.05) is 38.1 Å². The molecule has 0 atom stereocenters. The lowest BCUT2D eigenvalue weighted by Crippen LogP contribution is -2.30. The Labute approximate surface area is 136 Å². The summed E-state index contributed by atoms with van der Waals surface area (Å²) in [5.74, 6) is 1.29. The molecule has 122 valence electrons. The van der Waals surface area contributed by atoms with Crippen LogP contribution in [-0.4, -0.2) is 35.8 Å². The summed E-state index contributed by atoms with van der Waals surface area (Å²) in [6.07, 6.45) is 0.862. The van der Waals surface area contributed by atoms with Gasteiger partial charge in [-0.1, -0.05) is 12.1 Å². The van der Waals surface area contributed by atoms with Crippen molar-refractivity contribution in [3.05, 3.63) is 47.7 Å². The van der Waals surface area contributed by atoms with Gasteiger partial charge in [0.25, 0.3) is 5.91 Å². The molecule has 6 heteroatoms. The van der Waals surface area contributed by atoms with Crippen molar-refractivity contribution >= 4 is 11.7 Å². The Morgan fingerprint density at radius 2 is 1.87 bits per heavy atom. The molecule has 2 N–H and O–H groups in total. The van der Waals surface area contributed by atoms with Crippen molar-refractivity contribution in [3.8, 4) is 5.75 Å². The molecule has 0 spiro atoms. The third-order valence-corrected chi connectivity index (χ3v) is 3.20.